The molecule has 0 heterocycles. The fourth-order valence-corrected chi connectivity index (χ4v) is 4.88. The zero-order chi connectivity index (χ0) is 34.1. The average molecular weight is 667 g/mol. The standard InChI is InChI=1S/C42H28F2O6/c43-29-8-1-10-31(22-29)45-33-12-3-14-35(24-33)47-37-16-5-18-39(26-37)49-41-20-7-21-42(28-41)50-40-19-6-17-38(27-40)48-36-15-4-13-34(25-36)46-32-11-2-9-30(44)23-32/h1-28H. The van der Waals surface area contributed by atoms with Crippen LogP contribution in [0.4, 0.5) is 8.78 Å². The molecule has 0 aliphatic heterocycles. The highest BCUT2D eigenvalue weighted by molar-refractivity contribution is 5.45. The summed E-state index contributed by atoms with van der Waals surface area (Å²) in [5.74, 6) is 5.49. The average Bonchev–Trinajstić information content (AvgIpc) is 3.09. The summed E-state index contributed by atoms with van der Waals surface area (Å²) in [4.78, 5) is 0. The minimum Gasteiger partial charge on any atom is -0.457 e. The zero-order valence-corrected chi connectivity index (χ0v) is 26.4. The topological polar surface area (TPSA) is 55.4 Å². The summed E-state index contributed by atoms with van der Waals surface area (Å²) in [6, 6.07) is 47.8. The van der Waals surface area contributed by atoms with Crippen LogP contribution in [0.5, 0.6) is 69.0 Å². The van der Waals surface area contributed by atoms with Crippen molar-refractivity contribution in [1.82, 2.24) is 0 Å². The summed E-state index contributed by atoms with van der Waals surface area (Å²) >= 11 is 0. The van der Waals surface area contributed by atoms with Crippen molar-refractivity contribution in [2.75, 3.05) is 0 Å². The first-order valence-corrected chi connectivity index (χ1v) is 15.6. The quantitative estimate of drug-likeness (QED) is 0.129. The molecule has 7 rings (SSSR count). The van der Waals surface area contributed by atoms with Crippen molar-refractivity contribution in [3.05, 3.63) is 181 Å². The third-order valence-electron chi connectivity index (χ3n) is 7.03. The Labute approximate surface area is 287 Å². The van der Waals surface area contributed by atoms with Crippen molar-refractivity contribution < 1.29 is 37.2 Å². The monoisotopic (exact) mass is 666 g/mol. The molecule has 0 saturated heterocycles. The molecule has 7 aromatic carbocycles. The largest absolute Gasteiger partial charge is 0.457 e. The van der Waals surface area contributed by atoms with Crippen molar-refractivity contribution >= 4 is 0 Å². The lowest BCUT2D eigenvalue weighted by molar-refractivity contribution is 0.443. The van der Waals surface area contributed by atoms with Crippen molar-refractivity contribution in [3.63, 3.8) is 0 Å². The molecule has 0 atom stereocenters. The van der Waals surface area contributed by atoms with Gasteiger partial charge in [0.05, 0.1) is 0 Å². The van der Waals surface area contributed by atoms with Gasteiger partial charge in [-0.2, -0.15) is 0 Å². The van der Waals surface area contributed by atoms with Crippen LogP contribution in [0.25, 0.3) is 0 Å². The fourth-order valence-electron chi connectivity index (χ4n) is 4.88. The minimum atomic E-state index is -0.377. The molecule has 0 aromatic heterocycles. The van der Waals surface area contributed by atoms with E-state index >= 15 is 0 Å². The molecule has 8 heteroatoms. The van der Waals surface area contributed by atoms with Crippen molar-refractivity contribution in [2.45, 2.75) is 0 Å². The van der Waals surface area contributed by atoms with Crippen molar-refractivity contribution in [1.29, 1.82) is 0 Å². The zero-order valence-electron chi connectivity index (χ0n) is 26.4. The van der Waals surface area contributed by atoms with E-state index in [4.69, 9.17) is 28.4 Å². The van der Waals surface area contributed by atoms with Gasteiger partial charge in [-0.3, -0.25) is 0 Å². The van der Waals surface area contributed by atoms with Crippen LogP contribution in [0.15, 0.2) is 170 Å². The highest BCUT2D eigenvalue weighted by Crippen LogP contribution is 2.35. The van der Waals surface area contributed by atoms with E-state index in [0.29, 0.717) is 69.0 Å². The van der Waals surface area contributed by atoms with Crippen LogP contribution in [0, 0.1) is 11.6 Å². The predicted octanol–water partition coefficient (Wildman–Crippen LogP) is 12.7. The molecule has 50 heavy (non-hydrogen) atoms. The van der Waals surface area contributed by atoms with E-state index < -0.39 is 0 Å². The smallest absolute Gasteiger partial charge is 0.131 e. The molecule has 0 spiro atoms. The Hall–Kier alpha value is -6.80. The second kappa shape index (κ2) is 15.0. The first-order valence-electron chi connectivity index (χ1n) is 15.6. The summed E-state index contributed by atoms with van der Waals surface area (Å²) in [7, 11) is 0. The van der Waals surface area contributed by atoms with Gasteiger partial charge in [0.15, 0.2) is 0 Å². The van der Waals surface area contributed by atoms with E-state index in [1.807, 2.05) is 54.6 Å². The van der Waals surface area contributed by atoms with E-state index in [2.05, 4.69) is 0 Å². The van der Waals surface area contributed by atoms with Crippen LogP contribution >= 0.6 is 0 Å². The molecule has 0 N–H and O–H groups in total. The molecule has 6 nitrogen and oxygen atoms in total. The van der Waals surface area contributed by atoms with E-state index in [9.17, 15) is 8.78 Å². The fraction of sp³-hybridized carbons (Fsp3) is 0. The number of rotatable bonds is 12. The summed E-state index contributed by atoms with van der Waals surface area (Å²) in [5, 5.41) is 0. The van der Waals surface area contributed by atoms with E-state index in [1.54, 1.807) is 91.0 Å². The second-order valence-corrected chi connectivity index (χ2v) is 10.9. The van der Waals surface area contributed by atoms with Crippen LogP contribution < -0.4 is 28.4 Å². The Morgan fingerprint density at radius 1 is 0.220 bits per heavy atom. The number of benzene rings is 7. The summed E-state index contributed by atoms with van der Waals surface area (Å²) in [6.07, 6.45) is 0. The molecule has 246 valence electrons. The number of hydrogen-bond donors (Lipinski definition) is 0. The number of hydrogen-bond acceptors (Lipinski definition) is 6. The molecule has 0 unspecified atom stereocenters. The Morgan fingerprint density at radius 2 is 0.380 bits per heavy atom. The lowest BCUT2D eigenvalue weighted by Crippen LogP contribution is -1.90. The highest BCUT2D eigenvalue weighted by Gasteiger charge is 2.08. The van der Waals surface area contributed by atoms with Gasteiger partial charge in [0, 0.05) is 42.5 Å². The molecule has 0 amide bonds. The summed E-state index contributed by atoms with van der Waals surface area (Å²) < 4.78 is 63.1. The van der Waals surface area contributed by atoms with Crippen LogP contribution in [0.3, 0.4) is 0 Å². The summed E-state index contributed by atoms with van der Waals surface area (Å²) in [6.45, 7) is 0. The molecular weight excluding hydrogens is 638 g/mol. The predicted molar refractivity (Wildman–Crippen MR) is 185 cm³/mol. The Kier molecular flexibility index (Phi) is 9.51. The minimum absolute atomic E-state index is 0.377. The van der Waals surface area contributed by atoms with Crippen LogP contribution in [-0.2, 0) is 0 Å². The van der Waals surface area contributed by atoms with Crippen LogP contribution in [-0.4, -0.2) is 0 Å². The SMILES string of the molecule is Fc1cccc(Oc2cccc(Oc3cccc(Oc4cccc(Oc5cccc(Oc6cccc(Oc7cccc(F)c7)c6)c5)c4)c3)c2)c1. The first kappa shape index (κ1) is 31.8. The second-order valence-electron chi connectivity index (χ2n) is 10.9. The lowest BCUT2D eigenvalue weighted by Gasteiger charge is -2.12. The third-order valence-corrected chi connectivity index (χ3v) is 7.03. The van der Waals surface area contributed by atoms with Gasteiger partial charge in [-0.25, -0.2) is 8.78 Å². The highest BCUT2D eigenvalue weighted by atomic mass is 19.1. The molecule has 0 aliphatic carbocycles. The molecular formula is C42H28F2O6. The maximum atomic E-state index is 13.6. The molecule has 0 saturated carbocycles. The lowest BCUT2D eigenvalue weighted by atomic mass is 10.3. The van der Waals surface area contributed by atoms with Crippen molar-refractivity contribution in [2.24, 2.45) is 0 Å². The Bertz CT molecular complexity index is 2080. The molecule has 7 aromatic rings. The van der Waals surface area contributed by atoms with Gasteiger partial charge >= 0.3 is 0 Å². The number of ether oxygens (including phenoxy) is 6. The van der Waals surface area contributed by atoms with Crippen molar-refractivity contribution in [3.8, 4) is 69.0 Å². The Balaban J connectivity index is 0.979. The van der Waals surface area contributed by atoms with Gasteiger partial charge in [-0.1, -0.05) is 42.5 Å². The Morgan fingerprint density at radius 3 is 0.560 bits per heavy atom. The molecule has 0 fully saturated rings. The van der Waals surface area contributed by atoms with Gasteiger partial charge in [0.1, 0.15) is 80.6 Å². The molecule has 0 aliphatic rings. The number of halogens is 2. The normalized spacial score (nSPS) is 10.6. The third kappa shape index (κ3) is 8.76. The van der Waals surface area contributed by atoms with Gasteiger partial charge in [-0.05, 0) is 84.9 Å². The van der Waals surface area contributed by atoms with E-state index in [-0.39, 0.29) is 11.6 Å². The van der Waals surface area contributed by atoms with Gasteiger partial charge in [0.2, 0.25) is 0 Å². The van der Waals surface area contributed by atoms with Crippen LogP contribution in [0.1, 0.15) is 0 Å². The molecule has 0 bridgehead atoms. The molecule has 0 radical (unpaired) electrons. The van der Waals surface area contributed by atoms with Gasteiger partial charge < -0.3 is 28.4 Å². The van der Waals surface area contributed by atoms with Gasteiger partial charge in [0.25, 0.3) is 0 Å². The van der Waals surface area contributed by atoms with E-state index in [0.717, 1.165) is 0 Å². The summed E-state index contributed by atoms with van der Waals surface area (Å²) in [5.41, 5.74) is 0. The first-order chi connectivity index (χ1) is 24.5. The van der Waals surface area contributed by atoms with Gasteiger partial charge in [-0.15, -0.1) is 0 Å². The maximum absolute atomic E-state index is 13.6. The van der Waals surface area contributed by atoms with E-state index in [1.165, 1.54) is 24.3 Å². The maximum Gasteiger partial charge on any atom is 0.131 e. The van der Waals surface area contributed by atoms with Crippen LogP contribution in [0.2, 0.25) is 0 Å².